The van der Waals surface area contributed by atoms with E-state index < -0.39 is 5.54 Å². The molecule has 0 aliphatic heterocycles. The summed E-state index contributed by atoms with van der Waals surface area (Å²) in [5.41, 5.74) is 0.569. The lowest BCUT2D eigenvalue weighted by molar-refractivity contribution is 0.595. The molecule has 1 atom stereocenters. The van der Waals surface area contributed by atoms with Crippen LogP contribution >= 0.6 is 27.5 Å². The van der Waals surface area contributed by atoms with Crippen LogP contribution in [-0.4, -0.2) is 0 Å². The number of nitrogens with one attached hydrogen (secondary N) is 1. The van der Waals surface area contributed by atoms with Gasteiger partial charge in [0, 0.05) is 10.2 Å². The second-order valence-electron chi connectivity index (χ2n) is 4.63. The van der Waals surface area contributed by atoms with Gasteiger partial charge in [-0.05, 0) is 58.2 Å². The standard InChI is InChI=1S/C16H13BrClFN2/c1-2-16(10-20,11-3-5-12(19)6-4-11)21-13-7-8-15(18)14(17)9-13/h3-9,21H,2H2,1H3. The van der Waals surface area contributed by atoms with Gasteiger partial charge in [-0.15, -0.1) is 0 Å². The molecule has 0 aromatic heterocycles. The minimum absolute atomic E-state index is 0.323. The van der Waals surface area contributed by atoms with E-state index >= 15 is 0 Å². The van der Waals surface area contributed by atoms with Crippen LogP contribution in [0.2, 0.25) is 5.02 Å². The fraction of sp³-hybridized carbons (Fsp3) is 0.188. The maximum Gasteiger partial charge on any atom is 0.150 e. The third-order valence-electron chi connectivity index (χ3n) is 3.34. The van der Waals surface area contributed by atoms with Gasteiger partial charge < -0.3 is 5.32 Å². The molecule has 108 valence electrons. The van der Waals surface area contributed by atoms with Crippen molar-refractivity contribution in [2.24, 2.45) is 0 Å². The zero-order chi connectivity index (χ0) is 15.5. The molecular formula is C16H13BrClFN2. The Morgan fingerprint density at radius 2 is 1.95 bits per heavy atom. The summed E-state index contributed by atoms with van der Waals surface area (Å²) in [7, 11) is 0. The fourth-order valence-electron chi connectivity index (χ4n) is 2.09. The Hall–Kier alpha value is -1.57. The van der Waals surface area contributed by atoms with Crippen LogP contribution in [0, 0.1) is 17.1 Å². The van der Waals surface area contributed by atoms with E-state index in [-0.39, 0.29) is 5.82 Å². The van der Waals surface area contributed by atoms with Crippen LogP contribution in [0.4, 0.5) is 10.1 Å². The summed E-state index contributed by atoms with van der Waals surface area (Å²) in [5, 5.41) is 13.5. The Morgan fingerprint density at radius 1 is 1.29 bits per heavy atom. The van der Waals surface area contributed by atoms with Crippen molar-refractivity contribution in [1.82, 2.24) is 0 Å². The summed E-state index contributed by atoms with van der Waals surface area (Å²) in [6.07, 6.45) is 0.537. The van der Waals surface area contributed by atoms with Crippen LogP contribution in [0.15, 0.2) is 46.9 Å². The van der Waals surface area contributed by atoms with Gasteiger partial charge in [0.15, 0.2) is 5.54 Å². The molecule has 21 heavy (non-hydrogen) atoms. The summed E-state index contributed by atoms with van der Waals surface area (Å²) in [4.78, 5) is 0. The lowest BCUT2D eigenvalue weighted by Gasteiger charge is -2.28. The van der Waals surface area contributed by atoms with E-state index in [1.807, 2.05) is 13.0 Å². The van der Waals surface area contributed by atoms with Crippen molar-refractivity contribution in [1.29, 1.82) is 5.26 Å². The molecule has 0 saturated carbocycles. The smallest absolute Gasteiger partial charge is 0.150 e. The molecule has 0 bridgehead atoms. The van der Waals surface area contributed by atoms with Gasteiger partial charge in [-0.3, -0.25) is 0 Å². The number of benzene rings is 2. The molecule has 2 nitrogen and oxygen atoms in total. The molecule has 2 aromatic rings. The molecule has 0 fully saturated rings. The number of nitrogens with zero attached hydrogens (tertiary/aromatic N) is 1. The van der Waals surface area contributed by atoms with Crippen molar-refractivity contribution < 1.29 is 4.39 Å². The molecule has 2 rings (SSSR count). The minimum atomic E-state index is -0.916. The first-order valence-corrected chi connectivity index (χ1v) is 7.58. The number of rotatable bonds is 4. The van der Waals surface area contributed by atoms with E-state index in [1.54, 1.807) is 24.3 Å². The van der Waals surface area contributed by atoms with Crippen LogP contribution in [0.5, 0.6) is 0 Å². The zero-order valence-electron chi connectivity index (χ0n) is 11.3. The molecule has 0 aliphatic rings. The number of nitriles is 1. The van der Waals surface area contributed by atoms with Crippen molar-refractivity contribution >= 4 is 33.2 Å². The van der Waals surface area contributed by atoms with Crippen molar-refractivity contribution in [3.05, 3.63) is 63.3 Å². The molecule has 1 unspecified atom stereocenters. The van der Waals surface area contributed by atoms with Crippen molar-refractivity contribution in [3.63, 3.8) is 0 Å². The summed E-state index contributed by atoms with van der Waals surface area (Å²) in [5.74, 6) is -0.323. The van der Waals surface area contributed by atoms with E-state index in [1.165, 1.54) is 12.1 Å². The van der Waals surface area contributed by atoms with Crippen molar-refractivity contribution in [3.8, 4) is 6.07 Å². The lowest BCUT2D eigenvalue weighted by Crippen LogP contribution is -2.33. The lowest BCUT2D eigenvalue weighted by atomic mass is 9.88. The number of hydrogen-bond acceptors (Lipinski definition) is 2. The topological polar surface area (TPSA) is 35.8 Å². The Balaban J connectivity index is 2.40. The first-order valence-electron chi connectivity index (χ1n) is 6.41. The molecule has 0 spiro atoms. The van der Waals surface area contributed by atoms with Gasteiger partial charge in [0.2, 0.25) is 0 Å². The molecular weight excluding hydrogens is 355 g/mol. The summed E-state index contributed by atoms with van der Waals surface area (Å²) in [6, 6.07) is 13.6. The molecule has 5 heteroatoms. The molecule has 0 amide bonds. The van der Waals surface area contributed by atoms with Gasteiger partial charge in [-0.1, -0.05) is 30.7 Å². The van der Waals surface area contributed by atoms with E-state index in [0.29, 0.717) is 11.4 Å². The maximum atomic E-state index is 13.1. The second-order valence-corrected chi connectivity index (χ2v) is 5.89. The summed E-state index contributed by atoms with van der Waals surface area (Å²) < 4.78 is 13.8. The summed E-state index contributed by atoms with van der Waals surface area (Å²) >= 11 is 9.33. The van der Waals surface area contributed by atoms with E-state index in [9.17, 15) is 9.65 Å². The quantitative estimate of drug-likeness (QED) is 0.776. The highest BCUT2D eigenvalue weighted by Crippen LogP contribution is 2.32. The van der Waals surface area contributed by atoms with Crippen LogP contribution in [0.1, 0.15) is 18.9 Å². The van der Waals surface area contributed by atoms with Crippen LogP contribution in [0.25, 0.3) is 0 Å². The molecule has 0 aliphatic carbocycles. The predicted octanol–water partition coefficient (Wildman–Crippen LogP) is 5.48. The van der Waals surface area contributed by atoms with Gasteiger partial charge in [0.25, 0.3) is 0 Å². The van der Waals surface area contributed by atoms with Crippen LogP contribution in [-0.2, 0) is 5.54 Å². The molecule has 0 heterocycles. The highest BCUT2D eigenvalue weighted by atomic mass is 79.9. The van der Waals surface area contributed by atoms with Gasteiger partial charge in [-0.2, -0.15) is 5.26 Å². The average Bonchev–Trinajstić information content (AvgIpc) is 2.49. The van der Waals surface area contributed by atoms with E-state index in [4.69, 9.17) is 11.6 Å². The monoisotopic (exact) mass is 366 g/mol. The number of anilines is 1. The summed E-state index contributed by atoms with van der Waals surface area (Å²) in [6.45, 7) is 1.91. The molecule has 0 radical (unpaired) electrons. The Morgan fingerprint density at radius 3 is 2.48 bits per heavy atom. The molecule has 2 aromatic carbocycles. The Kier molecular flexibility index (Phi) is 4.87. The minimum Gasteiger partial charge on any atom is -0.364 e. The van der Waals surface area contributed by atoms with E-state index in [2.05, 4.69) is 27.3 Å². The highest BCUT2D eigenvalue weighted by molar-refractivity contribution is 9.10. The number of halogens is 3. The van der Waals surface area contributed by atoms with E-state index in [0.717, 1.165) is 15.7 Å². The third-order valence-corrected chi connectivity index (χ3v) is 4.55. The Labute approximate surface area is 136 Å². The average molecular weight is 368 g/mol. The van der Waals surface area contributed by atoms with Gasteiger partial charge >= 0.3 is 0 Å². The van der Waals surface area contributed by atoms with Crippen molar-refractivity contribution in [2.45, 2.75) is 18.9 Å². The Bertz CT molecular complexity index is 682. The van der Waals surface area contributed by atoms with Crippen LogP contribution in [0.3, 0.4) is 0 Å². The van der Waals surface area contributed by atoms with Gasteiger partial charge in [0.1, 0.15) is 5.82 Å². The van der Waals surface area contributed by atoms with Crippen molar-refractivity contribution in [2.75, 3.05) is 5.32 Å². The largest absolute Gasteiger partial charge is 0.364 e. The predicted molar refractivity (Wildman–Crippen MR) is 86.8 cm³/mol. The first-order chi connectivity index (χ1) is 10.0. The highest BCUT2D eigenvalue weighted by Gasteiger charge is 2.30. The zero-order valence-corrected chi connectivity index (χ0v) is 13.7. The first kappa shape index (κ1) is 15.8. The molecule has 0 saturated heterocycles. The maximum absolute atomic E-state index is 13.1. The third kappa shape index (κ3) is 3.37. The SMILES string of the molecule is CCC(C#N)(Nc1ccc(Cl)c(Br)c1)c1ccc(F)cc1. The molecule has 1 N–H and O–H groups in total. The normalized spacial score (nSPS) is 13.3. The van der Waals surface area contributed by atoms with Gasteiger partial charge in [-0.25, -0.2) is 4.39 Å². The fourth-order valence-corrected chi connectivity index (χ4v) is 2.59. The number of hydrogen-bond donors (Lipinski definition) is 1. The van der Waals surface area contributed by atoms with Crippen LogP contribution < -0.4 is 5.32 Å². The second kappa shape index (κ2) is 6.46. The van der Waals surface area contributed by atoms with Gasteiger partial charge in [0.05, 0.1) is 11.1 Å².